The molecule has 40 heavy (non-hydrogen) atoms. The molecule has 0 saturated carbocycles. The van der Waals surface area contributed by atoms with Crippen molar-refractivity contribution in [3.05, 3.63) is 48.3 Å². The highest BCUT2D eigenvalue weighted by molar-refractivity contribution is 5.77. The van der Waals surface area contributed by atoms with Gasteiger partial charge in [0.15, 0.2) is 5.82 Å². The maximum absolute atomic E-state index is 13.0. The average Bonchev–Trinajstić information content (AvgIpc) is 3.39. The van der Waals surface area contributed by atoms with Crippen LogP contribution in [0.3, 0.4) is 0 Å². The van der Waals surface area contributed by atoms with Crippen molar-refractivity contribution in [2.75, 3.05) is 29.9 Å². The van der Waals surface area contributed by atoms with Crippen LogP contribution in [0.2, 0.25) is 0 Å². The lowest BCUT2D eigenvalue weighted by Crippen LogP contribution is -2.54. The van der Waals surface area contributed by atoms with Crippen LogP contribution in [0.1, 0.15) is 58.4 Å². The molecule has 3 aliphatic heterocycles. The normalized spacial score (nSPS) is 22.8. The van der Waals surface area contributed by atoms with Crippen LogP contribution < -0.4 is 9.80 Å². The summed E-state index contributed by atoms with van der Waals surface area (Å²) in [5.74, 6) is 0.970. The molecule has 1 amide bonds. The van der Waals surface area contributed by atoms with Crippen molar-refractivity contribution in [1.29, 1.82) is 0 Å². The zero-order valence-corrected chi connectivity index (χ0v) is 24.7. The Hall–Kier alpha value is -3.55. The first-order chi connectivity index (χ1) is 19.1. The summed E-state index contributed by atoms with van der Waals surface area (Å²) in [6.07, 6.45) is 9.11. The van der Waals surface area contributed by atoms with Gasteiger partial charge in [-0.05, 0) is 88.6 Å². The van der Waals surface area contributed by atoms with E-state index < -0.39 is 5.60 Å². The molecule has 3 aromatic rings. The van der Waals surface area contributed by atoms with Crippen molar-refractivity contribution in [1.82, 2.24) is 19.7 Å². The molecule has 1 aromatic carbocycles. The van der Waals surface area contributed by atoms with Crippen molar-refractivity contribution < 1.29 is 9.53 Å². The summed E-state index contributed by atoms with van der Waals surface area (Å²) in [6.45, 7) is 9.90. The molecule has 8 nitrogen and oxygen atoms in total. The minimum atomic E-state index is -0.477. The smallest absolute Gasteiger partial charge is 0.410 e. The van der Waals surface area contributed by atoms with Crippen molar-refractivity contribution >= 4 is 17.6 Å². The third kappa shape index (κ3) is 5.04. The number of anilines is 2. The maximum Gasteiger partial charge on any atom is 0.410 e. The molecule has 0 aliphatic carbocycles. The molecule has 2 saturated heterocycles. The number of hydrogen-bond donors (Lipinski definition) is 0. The van der Waals surface area contributed by atoms with E-state index in [0.29, 0.717) is 6.04 Å². The number of ether oxygens (including phenoxy) is 1. The van der Waals surface area contributed by atoms with Crippen LogP contribution in [0.4, 0.5) is 16.3 Å². The van der Waals surface area contributed by atoms with Gasteiger partial charge in [-0.15, -0.1) is 10.2 Å². The van der Waals surface area contributed by atoms with Gasteiger partial charge in [0.25, 0.3) is 0 Å². The quantitative estimate of drug-likeness (QED) is 0.402. The monoisotopic (exact) mass is 542 g/mol. The fraction of sp³-hybridized carbons (Fsp3) is 0.531. The molecule has 0 spiro atoms. The Morgan fingerprint density at radius 1 is 0.950 bits per heavy atom. The van der Waals surface area contributed by atoms with Gasteiger partial charge in [-0.2, -0.15) is 0 Å². The van der Waals surface area contributed by atoms with Crippen molar-refractivity contribution in [3.63, 3.8) is 0 Å². The fourth-order valence-electron chi connectivity index (χ4n) is 6.87. The van der Waals surface area contributed by atoms with Crippen LogP contribution in [-0.2, 0) is 11.8 Å². The van der Waals surface area contributed by atoms with Gasteiger partial charge in [0.05, 0.1) is 11.4 Å². The molecule has 5 heterocycles. The Morgan fingerprint density at radius 3 is 2.35 bits per heavy atom. The highest BCUT2D eigenvalue weighted by Crippen LogP contribution is 2.42. The Kier molecular flexibility index (Phi) is 6.75. The Balaban J connectivity index is 1.26. The molecule has 2 bridgehead atoms. The first-order valence-corrected chi connectivity index (χ1v) is 14.7. The molecule has 2 fully saturated rings. The van der Waals surface area contributed by atoms with E-state index in [-0.39, 0.29) is 18.2 Å². The molecule has 3 aliphatic rings. The number of carbonyl (C=O) groups excluding carboxylic acids is 1. The predicted octanol–water partition coefficient (Wildman–Crippen LogP) is 6.03. The number of fused-ring (bicyclic) bond motifs is 3. The molecule has 0 radical (unpaired) electrons. The highest BCUT2D eigenvalue weighted by Gasteiger charge is 2.47. The summed E-state index contributed by atoms with van der Waals surface area (Å²) < 4.78 is 7.85. The van der Waals surface area contributed by atoms with Crippen LogP contribution in [0, 0.1) is 6.92 Å². The van der Waals surface area contributed by atoms with E-state index >= 15 is 0 Å². The van der Waals surface area contributed by atoms with Crippen LogP contribution in [0.15, 0.2) is 42.7 Å². The topological polar surface area (TPSA) is 66.7 Å². The Labute approximate surface area is 237 Å². The largest absolute Gasteiger partial charge is 0.444 e. The standard InChI is InChI=1S/C32H42N6O2/c1-21-16-22(23-12-15-35(5)20-23)8-11-27(21)28-19-29-30(34-33-28)37(14-7-13-36(29)6)26-17-24-9-10-25(18-26)38(24)31(39)40-32(2,3)4/h8,11-12,15-16,19-20,24-26H,7,9-10,13-14,17-18H2,1-6H3/t24-,25+,26?. The number of hydrogen-bond acceptors (Lipinski definition) is 6. The van der Waals surface area contributed by atoms with Gasteiger partial charge in [-0.1, -0.05) is 18.2 Å². The second kappa shape index (κ2) is 10.1. The number of aryl methyl sites for hydroxylation is 2. The van der Waals surface area contributed by atoms with E-state index in [1.807, 2.05) is 32.7 Å². The van der Waals surface area contributed by atoms with E-state index in [9.17, 15) is 4.79 Å². The second-order valence-corrected chi connectivity index (χ2v) is 12.9. The van der Waals surface area contributed by atoms with Crippen LogP contribution >= 0.6 is 0 Å². The summed E-state index contributed by atoms with van der Waals surface area (Å²) in [7, 11) is 4.21. The number of amides is 1. The van der Waals surface area contributed by atoms with Gasteiger partial charge >= 0.3 is 6.09 Å². The van der Waals surface area contributed by atoms with E-state index in [1.54, 1.807) is 0 Å². The number of benzene rings is 1. The molecular formula is C32H42N6O2. The van der Waals surface area contributed by atoms with Gasteiger partial charge in [-0.25, -0.2) is 4.79 Å². The van der Waals surface area contributed by atoms with E-state index in [2.05, 4.69) is 71.1 Å². The molecule has 6 rings (SSSR count). The van der Waals surface area contributed by atoms with E-state index in [0.717, 1.165) is 68.0 Å². The molecule has 0 N–H and O–H groups in total. The number of piperidine rings is 1. The van der Waals surface area contributed by atoms with Gasteiger partial charge in [0.1, 0.15) is 5.60 Å². The van der Waals surface area contributed by atoms with Crippen molar-refractivity contribution in [3.8, 4) is 22.4 Å². The van der Waals surface area contributed by atoms with Crippen LogP contribution in [0.25, 0.3) is 22.4 Å². The summed E-state index contributed by atoms with van der Waals surface area (Å²) in [5.41, 5.74) is 6.29. The van der Waals surface area contributed by atoms with Gasteiger partial charge in [0.2, 0.25) is 0 Å². The third-order valence-electron chi connectivity index (χ3n) is 8.75. The average molecular weight is 543 g/mol. The first kappa shape index (κ1) is 26.7. The molecule has 1 unspecified atom stereocenters. The fourth-order valence-corrected chi connectivity index (χ4v) is 6.87. The SMILES string of the molecule is Cc1cc(-c2ccn(C)c2)ccc1-c1cc2c(nn1)N(C1C[C@H]3CC[C@@H](C1)N3C(=O)OC(C)(C)C)CCCN2C. The molecular weight excluding hydrogens is 500 g/mol. The zero-order valence-electron chi connectivity index (χ0n) is 24.7. The minimum absolute atomic E-state index is 0.160. The van der Waals surface area contributed by atoms with Crippen LogP contribution in [0.5, 0.6) is 0 Å². The van der Waals surface area contributed by atoms with Gasteiger partial charge < -0.3 is 24.0 Å². The zero-order chi connectivity index (χ0) is 28.2. The van der Waals surface area contributed by atoms with Crippen molar-refractivity contribution in [2.24, 2.45) is 7.05 Å². The number of nitrogens with zero attached hydrogens (tertiary/aromatic N) is 6. The lowest BCUT2D eigenvalue weighted by Gasteiger charge is -2.43. The maximum atomic E-state index is 13.0. The second-order valence-electron chi connectivity index (χ2n) is 12.9. The Bertz CT molecular complexity index is 1390. The van der Waals surface area contributed by atoms with Crippen LogP contribution in [-0.4, -0.2) is 69.6 Å². The molecule has 3 atom stereocenters. The van der Waals surface area contributed by atoms with Gasteiger partial charge in [-0.3, -0.25) is 0 Å². The summed E-state index contributed by atoms with van der Waals surface area (Å²) in [6, 6.07) is 11.7. The predicted molar refractivity (Wildman–Crippen MR) is 160 cm³/mol. The van der Waals surface area contributed by atoms with E-state index in [1.165, 1.54) is 16.7 Å². The van der Waals surface area contributed by atoms with E-state index in [4.69, 9.17) is 14.9 Å². The Morgan fingerprint density at radius 2 is 1.70 bits per heavy atom. The summed E-state index contributed by atoms with van der Waals surface area (Å²) in [4.78, 5) is 19.9. The summed E-state index contributed by atoms with van der Waals surface area (Å²) >= 11 is 0. The van der Waals surface area contributed by atoms with Gasteiger partial charge in [0, 0.05) is 63.3 Å². The third-order valence-corrected chi connectivity index (χ3v) is 8.75. The minimum Gasteiger partial charge on any atom is -0.444 e. The molecule has 8 heteroatoms. The lowest BCUT2D eigenvalue weighted by atomic mass is 9.95. The van der Waals surface area contributed by atoms with Crippen molar-refractivity contribution in [2.45, 2.75) is 83.5 Å². The molecule has 212 valence electrons. The lowest BCUT2D eigenvalue weighted by molar-refractivity contribution is 0.00582. The summed E-state index contributed by atoms with van der Waals surface area (Å²) in [5, 5.41) is 9.67. The molecule has 2 aromatic heterocycles. The number of aromatic nitrogens is 3. The number of rotatable bonds is 3. The first-order valence-electron chi connectivity index (χ1n) is 14.7. The number of carbonyl (C=O) groups is 1. The highest BCUT2D eigenvalue weighted by atomic mass is 16.6.